The highest BCUT2D eigenvalue weighted by Gasteiger charge is 2.15. The van der Waals surface area contributed by atoms with Crippen LogP contribution in [0.15, 0.2) is 12.1 Å². The van der Waals surface area contributed by atoms with Crippen LogP contribution in [0.3, 0.4) is 0 Å². The lowest BCUT2D eigenvalue weighted by Crippen LogP contribution is -2.34. The normalized spacial score (nSPS) is 14.0. The van der Waals surface area contributed by atoms with Crippen LogP contribution in [0.5, 0.6) is 5.75 Å². The van der Waals surface area contributed by atoms with Crippen molar-refractivity contribution in [1.29, 1.82) is 0 Å². The second kappa shape index (κ2) is 9.29. The van der Waals surface area contributed by atoms with Gasteiger partial charge in [-0.3, -0.25) is 0 Å². The third kappa shape index (κ3) is 5.85. The molecule has 0 heterocycles. The smallest absolute Gasteiger partial charge is 0.122 e. The molecule has 120 valence electrons. The molecule has 1 aromatic rings. The predicted molar refractivity (Wildman–Crippen MR) is 89.2 cm³/mol. The number of aryl methyl sites for hydroxylation is 2. The van der Waals surface area contributed by atoms with Crippen LogP contribution in [0.2, 0.25) is 5.02 Å². The zero-order chi connectivity index (χ0) is 15.8. The first-order valence-electron chi connectivity index (χ1n) is 7.85. The highest BCUT2D eigenvalue weighted by molar-refractivity contribution is 6.31. The molecule has 0 aromatic heterocycles. The number of ether oxygens (including phenoxy) is 1. The summed E-state index contributed by atoms with van der Waals surface area (Å²) < 4.78 is 5.79. The summed E-state index contributed by atoms with van der Waals surface area (Å²) in [5, 5.41) is 10.8. The molecule has 2 unspecified atom stereocenters. The number of aliphatic hydroxyl groups excluding tert-OH is 1. The Bertz CT molecular complexity index is 437. The average molecular weight is 314 g/mol. The fourth-order valence-corrected chi connectivity index (χ4v) is 2.47. The average Bonchev–Trinajstić information content (AvgIpc) is 2.46. The van der Waals surface area contributed by atoms with Crippen molar-refractivity contribution in [3.63, 3.8) is 0 Å². The SMILES string of the molecule is CCCOc1cc(C)c(Cl)cc1CCC(O)C(N)CCC. The lowest BCUT2D eigenvalue weighted by atomic mass is 9.98. The fourth-order valence-electron chi connectivity index (χ4n) is 2.28. The molecule has 0 aliphatic rings. The molecule has 21 heavy (non-hydrogen) atoms. The van der Waals surface area contributed by atoms with Gasteiger partial charge < -0.3 is 15.6 Å². The van der Waals surface area contributed by atoms with Gasteiger partial charge in [0, 0.05) is 11.1 Å². The highest BCUT2D eigenvalue weighted by Crippen LogP contribution is 2.28. The maximum Gasteiger partial charge on any atom is 0.122 e. The first-order chi connectivity index (χ1) is 9.99. The van der Waals surface area contributed by atoms with Gasteiger partial charge in [-0.05, 0) is 55.9 Å². The van der Waals surface area contributed by atoms with Gasteiger partial charge in [0.25, 0.3) is 0 Å². The van der Waals surface area contributed by atoms with Crippen LogP contribution in [-0.2, 0) is 6.42 Å². The van der Waals surface area contributed by atoms with E-state index >= 15 is 0 Å². The van der Waals surface area contributed by atoms with Crippen molar-refractivity contribution in [2.75, 3.05) is 6.61 Å². The topological polar surface area (TPSA) is 55.5 Å². The Hall–Kier alpha value is -0.770. The summed E-state index contributed by atoms with van der Waals surface area (Å²) in [5.41, 5.74) is 8.01. The van der Waals surface area contributed by atoms with Crippen LogP contribution in [-0.4, -0.2) is 23.9 Å². The number of benzene rings is 1. The Morgan fingerprint density at radius 2 is 1.95 bits per heavy atom. The lowest BCUT2D eigenvalue weighted by molar-refractivity contribution is 0.130. The van der Waals surface area contributed by atoms with Crippen molar-refractivity contribution in [3.8, 4) is 5.75 Å². The molecule has 1 aromatic carbocycles. The zero-order valence-corrected chi connectivity index (χ0v) is 14.1. The number of hydrogen-bond acceptors (Lipinski definition) is 3. The van der Waals surface area contributed by atoms with Gasteiger partial charge in [0.1, 0.15) is 5.75 Å². The van der Waals surface area contributed by atoms with Crippen LogP contribution in [0.4, 0.5) is 0 Å². The van der Waals surface area contributed by atoms with Crippen molar-refractivity contribution < 1.29 is 9.84 Å². The third-order valence-electron chi connectivity index (χ3n) is 3.63. The molecule has 0 radical (unpaired) electrons. The summed E-state index contributed by atoms with van der Waals surface area (Å²) in [6, 6.07) is 3.77. The highest BCUT2D eigenvalue weighted by atomic mass is 35.5. The quantitative estimate of drug-likeness (QED) is 0.728. The Balaban J connectivity index is 2.74. The van der Waals surface area contributed by atoms with Gasteiger partial charge in [-0.2, -0.15) is 0 Å². The summed E-state index contributed by atoms with van der Waals surface area (Å²) in [4.78, 5) is 0. The van der Waals surface area contributed by atoms with Crippen LogP contribution in [0.25, 0.3) is 0 Å². The molecule has 0 fully saturated rings. The molecular weight excluding hydrogens is 286 g/mol. The summed E-state index contributed by atoms with van der Waals surface area (Å²) in [6.07, 6.45) is 3.66. The maximum absolute atomic E-state index is 10.1. The minimum atomic E-state index is -0.482. The van der Waals surface area contributed by atoms with E-state index in [0.29, 0.717) is 13.0 Å². The standard InChI is InChI=1S/C17H28ClNO2/c1-4-6-15(19)16(20)8-7-13-11-14(18)12(3)10-17(13)21-9-5-2/h10-11,15-16,20H,4-9,19H2,1-3H3. The lowest BCUT2D eigenvalue weighted by Gasteiger charge is -2.19. The van der Waals surface area contributed by atoms with E-state index in [1.807, 2.05) is 19.1 Å². The minimum Gasteiger partial charge on any atom is -0.493 e. The van der Waals surface area contributed by atoms with Crippen molar-refractivity contribution >= 4 is 11.6 Å². The van der Waals surface area contributed by atoms with Gasteiger partial charge in [-0.25, -0.2) is 0 Å². The van der Waals surface area contributed by atoms with Crippen LogP contribution >= 0.6 is 11.6 Å². The maximum atomic E-state index is 10.1. The zero-order valence-electron chi connectivity index (χ0n) is 13.4. The molecule has 0 saturated heterocycles. The molecule has 0 aliphatic carbocycles. The number of halogens is 1. The van der Waals surface area contributed by atoms with E-state index in [9.17, 15) is 5.11 Å². The summed E-state index contributed by atoms with van der Waals surface area (Å²) >= 11 is 6.20. The van der Waals surface area contributed by atoms with E-state index in [1.54, 1.807) is 0 Å². The molecule has 2 atom stereocenters. The van der Waals surface area contributed by atoms with Gasteiger partial charge in [-0.15, -0.1) is 0 Å². The van der Waals surface area contributed by atoms with E-state index in [-0.39, 0.29) is 6.04 Å². The molecule has 3 N–H and O–H groups in total. The second-order valence-corrected chi connectivity index (χ2v) is 6.02. The Morgan fingerprint density at radius 1 is 1.24 bits per heavy atom. The fraction of sp³-hybridized carbons (Fsp3) is 0.647. The number of aliphatic hydroxyl groups is 1. The Morgan fingerprint density at radius 3 is 2.57 bits per heavy atom. The van der Waals surface area contributed by atoms with E-state index in [1.165, 1.54) is 0 Å². The summed E-state index contributed by atoms with van der Waals surface area (Å²) in [6.45, 7) is 6.81. The molecular formula is C17H28ClNO2. The summed E-state index contributed by atoms with van der Waals surface area (Å²) in [7, 11) is 0. The number of hydrogen-bond donors (Lipinski definition) is 2. The minimum absolute atomic E-state index is 0.157. The van der Waals surface area contributed by atoms with Gasteiger partial charge in [-0.1, -0.05) is 31.9 Å². The second-order valence-electron chi connectivity index (χ2n) is 5.62. The largest absolute Gasteiger partial charge is 0.493 e. The molecule has 4 heteroatoms. The molecule has 1 rings (SSSR count). The van der Waals surface area contributed by atoms with Gasteiger partial charge in [0.2, 0.25) is 0 Å². The third-order valence-corrected chi connectivity index (χ3v) is 4.04. The first kappa shape index (κ1) is 18.3. The van der Waals surface area contributed by atoms with E-state index < -0.39 is 6.10 Å². The van der Waals surface area contributed by atoms with Crippen molar-refractivity contribution in [1.82, 2.24) is 0 Å². The summed E-state index contributed by atoms with van der Waals surface area (Å²) in [5.74, 6) is 0.870. The van der Waals surface area contributed by atoms with Crippen LogP contribution in [0, 0.1) is 6.92 Å². The van der Waals surface area contributed by atoms with Crippen LogP contribution < -0.4 is 10.5 Å². The van der Waals surface area contributed by atoms with Crippen LogP contribution in [0.1, 0.15) is 50.7 Å². The molecule has 0 bridgehead atoms. The first-order valence-corrected chi connectivity index (χ1v) is 8.22. The van der Waals surface area contributed by atoms with Gasteiger partial charge in [0.15, 0.2) is 0 Å². The molecule has 0 aliphatic heterocycles. The Kier molecular flexibility index (Phi) is 8.09. The van der Waals surface area contributed by atoms with Gasteiger partial charge >= 0.3 is 0 Å². The van der Waals surface area contributed by atoms with Gasteiger partial charge in [0.05, 0.1) is 12.7 Å². The molecule has 0 saturated carbocycles. The number of rotatable bonds is 9. The van der Waals surface area contributed by atoms with Crippen molar-refractivity contribution in [2.45, 2.75) is 65.0 Å². The van der Waals surface area contributed by atoms with E-state index in [2.05, 4.69) is 13.8 Å². The number of nitrogens with two attached hydrogens (primary N) is 1. The molecule has 0 spiro atoms. The van der Waals surface area contributed by atoms with Crippen molar-refractivity contribution in [2.24, 2.45) is 5.73 Å². The Labute approximate surface area is 133 Å². The van der Waals surface area contributed by atoms with Crippen molar-refractivity contribution in [3.05, 3.63) is 28.3 Å². The molecule has 0 amide bonds. The molecule has 3 nitrogen and oxygen atoms in total. The predicted octanol–water partition coefficient (Wildman–Crippen LogP) is 3.86. The monoisotopic (exact) mass is 313 g/mol. The van der Waals surface area contributed by atoms with E-state index in [0.717, 1.165) is 47.6 Å². The van der Waals surface area contributed by atoms with E-state index in [4.69, 9.17) is 22.1 Å².